The van der Waals surface area contributed by atoms with Crippen molar-refractivity contribution in [3.8, 4) is 0 Å². The third kappa shape index (κ3) is 9.19. The second-order valence-electron chi connectivity index (χ2n) is 6.82. The molecule has 0 aliphatic heterocycles. The van der Waals surface area contributed by atoms with Crippen molar-refractivity contribution in [1.82, 2.24) is 0 Å². The van der Waals surface area contributed by atoms with Crippen molar-refractivity contribution in [2.75, 3.05) is 6.54 Å². The van der Waals surface area contributed by atoms with Crippen LogP contribution in [0.5, 0.6) is 0 Å². The Bertz CT molecular complexity index is 333. The Morgan fingerprint density at radius 2 is 1.82 bits per heavy atom. The molecule has 22 heavy (non-hydrogen) atoms. The highest BCUT2D eigenvalue weighted by atomic mass is 14.7. The summed E-state index contributed by atoms with van der Waals surface area (Å²) in [4.78, 5) is 3.88. The Morgan fingerprint density at radius 3 is 2.55 bits per heavy atom. The van der Waals surface area contributed by atoms with E-state index in [-0.39, 0.29) is 0 Å². The van der Waals surface area contributed by atoms with Crippen LogP contribution < -0.4 is 5.73 Å². The summed E-state index contributed by atoms with van der Waals surface area (Å²) in [7, 11) is 0. The highest BCUT2D eigenvalue weighted by molar-refractivity contribution is 5.22. The fourth-order valence-electron chi connectivity index (χ4n) is 3.29. The van der Waals surface area contributed by atoms with Gasteiger partial charge in [0.15, 0.2) is 0 Å². The van der Waals surface area contributed by atoms with E-state index in [9.17, 15) is 0 Å². The quantitative estimate of drug-likeness (QED) is 0.275. The molecule has 2 heteroatoms. The van der Waals surface area contributed by atoms with E-state index >= 15 is 0 Å². The molecule has 1 rings (SSSR count). The molecule has 126 valence electrons. The van der Waals surface area contributed by atoms with Crippen molar-refractivity contribution in [2.45, 2.75) is 83.1 Å². The molecule has 0 spiro atoms. The maximum Gasteiger partial charge on any atom is 0.0382 e. The fourth-order valence-corrected chi connectivity index (χ4v) is 3.29. The van der Waals surface area contributed by atoms with Crippen LogP contribution in [-0.2, 0) is 0 Å². The lowest BCUT2D eigenvalue weighted by Crippen LogP contribution is -2.23. The van der Waals surface area contributed by atoms with Crippen molar-refractivity contribution in [3.63, 3.8) is 0 Å². The van der Waals surface area contributed by atoms with Crippen LogP contribution in [0, 0.1) is 5.92 Å². The van der Waals surface area contributed by atoms with Crippen molar-refractivity contribution in [3.05, 3.63) is 24.3 Å². The van der Waals surface area contributed by atoms with Crippen molar-refractivity contribution in [1.29, 1.82) is 0 Å². The van der Waals surface area contributed by atoms with Gasteiger partial charge in [-0.15, -0.1) is 0 Å². The first-order valence-electron chi connectivity index (χ1n) is 9.23. The first kappa shape index (κ1) is 19.2. The molecule has 2 unspecified atom stereocenters. The molecule has 2 N–H and O–H groups in total. The molecule has 1 fully saturated rings. The van der Waals surface area contributed by atoms with Gasteiger partial charge in [0.1, 0.15) is 0 Å². The fraction of sp³-hybridized carbons (Fsp3) is 0.750. The minimum atomic E-state index is 0.451. The number of unbranched alkanes of at least 4 members (excludes halogenated alkanes) is 4. The monoisotopic (exact) mass is 304 g/mol. The number of rotatable bonds is 13. The molecule has 1 saturated carbocycles. The van der Waals surface area contributed by atoms with Gasteiger partial charge in [0.25, 0.3) is 0 Å². The van der Waals surface area contributed by atoms with Gasteiger partial charge in [-0.3, -0.25) is 0 Å². The molecule has 0 saturated heterocycles. The number of aliphatic imine (C=N–C) groups is 1. The minimum absolute atomic E-state index is 0.451. The summed E-state index contributed by atoms with van der Waals surface area (Å²) >= 11 is 0. The maximum atomic E-state index is 6.09. The van der Waals surface area contributed by atoms with Crippen molar-refractivity contribution >= 4 is 6.72 Å². The van der Waals surface area contributed by atoms with E-state index < -0.39 is 0 Å². The third-order valence-corrected chi connectivity index (χ3v) is 4.82. The Balaban J connectivity index is 1.90. The lowest BCUT2D eigenvalue weighted by atomic mass is 9.99. The largest absolute Gasteiger partial charge is 0.327 e. The highest BCUT2D eigenvalue weighted by Crippen LogP contribution is 2.27. The Morgan fingerprint density at radius 1 is 1.05 bits per heavy atom. The van der Waals surface area contributed by atoms with E-state index in [1.54, 1.807) is 0 Å². The second-order valence-corrected chi connectivity index (χ2v) is 6.82. The smallest absolute Gasteiger partial charge is 0.0382 e. The van der Waals surface area contributed by atoms with Gasteiger partial charge in [-0.25, -0.2) is 0 Å². The first-order valence-corrected chi connectivity index (χ1v) is 9.23. The van der Waals surface area contributed by atoms with Crippen LogP contribution in [0.3, 0.4) is 0 Å². The maximum absolute atomic E-state index is 6.09. The Labute approximate surface area is 138 Å². The Kier molecular flexibility index (Phi) is 11.0. The van der Waals surface area contributed by atoms with Gasteiger partial charge in [0.05, 0.1) is 0 Å². The topological polar surface area (TPSA) is 38.4 Å². The zero-order valence-corrected chi connectivity index (χ0v) is 14.4. The summed E-state index contributed by atoms with van der Waals surface area (Å²) in [6.45, 7) is 8.64. The van der Waals surface area contributed by atoms with E-state index in [4.69, 9.17) is 5.73 Å². The number of allylic oxidation sites excluding steroid dienone is 3. The predicted molar refractivity (Wildman–Crippen MR) is 99.6 cm³/mol. The molecule has 0 amide bonds. The van der Waals surface area contributed by atoms with Gasteiger partial charge in [0.2, 0.25) is 0 Å². The van der Waals surface area contributed by atoms with Gasteiger partial charge in [-0.1, -0.05) is 43.6 Å². The SMILES string of the molecule is C=NCCCCCCC(=C)CCC/C=C\CC1CCCC1N. The van der Waals surface area contributed by atoms with Crippen LogP contribution in [0.1, 0.15) is 77.0 Å². The Hall–Kier alpha value is -0.890. The van der Waals surface area contributed by atoms with Crippen molar-refractivity contribution in [2.24, 2.45) is 16.6 Å². The lowest BCUT2D eigenvalue weighted by molar-refractivity contribution is 0.486. The summed E-state index contributed by atoms with van der Waals surface area (Å²) in [5, 5.41) is 0. The number of hydrogen-bond donors (Lipinski definition) is 1. The van der Waals surface area contributed by atoms with Crippen molar-refractivity contribution < 1.29 is 0 Å². The van der Waals surface area contributed by atoms with Crippen LogP contribution in [0.4, 0.5) is 0 Å². The molecule has 0 bridgehead atoms. The number of hydrogen-bond acceptors (Lipinski definition) is 2. The highest BCUT2D eigenvalue weighted by Gasteiger charge is 2.21. The predicted octanol–water partition coefficient (Wildman–Crippen LogP) is 5.44. The summed E-state index contributed by atoms with van der Waals surface area (Å²) < 4.78 is 0. The normalized spacial score (nSPS) is 21.5. The standard InChI is InChI=1S/C20H36N2/c1-18(13-8-5-6-10-17-22-2)12-7-3-4-9-14-19-15-11-16-20(19)21/h4,9,19-20H,1-3,5-8,10-17,21H2/b9-4-. The molecular formula is C20H36N2. The van der Waals surface area contributed by atoms with Gasteiger partial charge in [-0.2, -0.15) is 0 Å². The number of nitrogens with two attached hydrogens (primary N) is 1. The average Bonchev–Trinajstić information content (AvgIpc) is 2.91. The van der Waals surface area contributed by atoms with E-state index in [0.29, 0.717) is 6.04 Å². The van der Waals surface area contributed by atoms with E-state index in [1.165, 1.54) is 82.6 Å². The summed E-state index contributed by atoms with van der Waals surface area (Å²) in [5.74, 6) is 0.738. The van der Waals surface area contributed by atoms with Gasteiger partial charge >= 0.3 is 0 Å². The van der Waals surface area contributed by atoms with E-state index in [0.717, 1.165) is 12.5 Å². The first-order chi connectivity index (χ1) is 10.7. The minimum Gasteiger partial charge on any atom is -0.327 e. The lowest BCUT2D eigenvalue weighted by Gasteiger charge is -2.11. The summed E-state index contributed by atoms with van der Waals surface area (Å²) in [6.07, 6.45) is 19.6. The molecule has 1 aliphatic carbocycles. The van der Waals surface area contributed by atoms with E-state index in [2.05, 4.69) is 30.4 Å². The van der Waals surface area contributed by atoms with Crippen LogP contribution in [0.2, 0.25) is 0 Å². The third-order valence-electron chi connectivity index (χ3n) is 4.82. The molecule has 1 aliphatic rings. The second kappa shape index (κ2) is 12.6. The van der Waals surface area contributed by atoms with Crippen LogP contribution in [-0.4, -0.2) is 19.3 Å². The molecule has 2 atom stereocenters. The molecule has 0 radical (unpaired) electrons. The van der Waals surface area contributed by atoms with Crippen LogP contribution >= 0.6 is 0 Å². The molecule has 0 aromatic carbocycles. The van der Waals surface area contributed by atoms with Crippen LogP contribution in [0.15, 0.2) is 29.3 Å². The molecule has 0 heterocycles. The summed E-state index contributed by atoms with van der Waals surface area (Å²) in [5.41, 5.74) is 7.51. The van der Waals surface area contributed by atoms with E-state index in [1.807, 2.05) is 0 Å². The van der Waals surface area contributed by atoms with Gasteiger partial charge < -0.3 is 10.7 Å². The zero-order chi connectivity index (χ0) is 16.0. The summed E-state index contributed by atoms with van der Waals surface area (Å²) in [6, 6.07) is 0.451. The zero-order valence-electron chi connectivity index (χ0n) is 14.4. The average molecular weight is 305 g/mol. The number of nitrogens with zero attached hydrogens (tertiary/aromatic N) is 1. The molecular weight excluding hydrogens is 268 g/mol. The molecule has 2 nitrogen and oxygen atoms in total. The molecule has 0 aromatic heterocycles. The van der Waals surface area contributed by atoms with Gasteiger partial charge in [0, 0.05) is 12.6 Å². The molecule has 0 aromatic rings. The van der Waals surface area contributed by atoms with Gasteiger partial charge in [-0.05, 0) is 70.4 Å². The van der Waals surface area contributed by atoms with Crippen LogP contribution in [0.25, 0.3) is 0 Å².